The Hall–Kier alpha value is -0.610. The summed E-state index contributed by atoms with van der Waals surface area (Å²) >= 11 is 5.94. The molecule has 0 aromatic heterocycles. The van der Waals surface area contributed by atoms with Gasteiger partial charge in [-0.15, -0.1) is 0 Å². The SMILES string of the molecule is CCCNCC1(CN(C)Cc2ccc(Cl)cc2)CCOC1. The van der Waals surface area contributed by atoms with Crippen molar-refractivity contribution in [3.05, 3.63) is 34.9 Å². The maximum Gasteiger partial charge on any atom is 0.0547 e. The van der Waals surface area contributed by atoms with Crippen LogP contribution >= 0.6 is 11.6 Å². The highest BCUT2D eigenvalue weighted by atomic mass is 35.5. The molecule has 3 nitrogen and oxygen atoms in total. The van der Waals surface area contributed by atoms with Crippen molar-refractivity contribution in [2.24, 2.45) is 5.41 Å². The normalized spacial score (nSPS) is 22.1. The third kappa shape index (κ3) is 5.26. The van der Waals surface area contributed by atoms with Crippen molar-refractivity contribution in [2.45, 2.75) is 26.3 Å². The molecule has 0 amide bonds. The fraction of sp³-hybridized carbons (Fsp3) is 0.647. The van der Waals surface area contributed by atoms with Gasteiger partial charge in [-0.3, -0.25) is 0 Å². The zero-order valence-corrected chi connectivity index (χ0v) is 14.0. The fourth-order valence-electron chi connectivity index (χ4n) is 3.03. The van der Waals surface area contributed by atoms with Gasteiger partial charge in [0.25, 0.3) is 0 Å². The van der Waals surface area contributed by atoms with Crippen LogP contribution in [-0.4, -0.2) is 44.8 Å². The molecule has 1 unspecified atom stereocenters. The lowest BCUT2D eigenvalue weighted by Gasteiger charge is -2.32. The smallest absolute Gasteiger partial charge is 0.0547 e. The summed E-state index contributed by atoms with van der Waals surface area (Å²) in [6.45, 7) is 8.11. The van der Waals surface area contributed by atoms with Gasteiger partial charge >= 0.3 is 0 Å². The van der Waals surface area contributed by atoms with Crippen LogP contribution in [0.1, 0.15) is 25.3 Å². The summed E-state index contributed by atoms with van der Waals surface area (Å²) in [6, 6.07) is 8.13. The van der Waals surface area contributed by atoms with E-state index in [0.29, 0.717) is 0 Å². The second-order valence-electron chi connectivity index (χ2n) is 6.28. The molecule has 21 heavy (non-hydrogen) atoms. The van der Waals surface area contributed by atoms with E-state index in [9.17, 15) is 0 Å². The van der Waals surface area contributed by atoms with Crippen LogP contribution in [0.3, 0.4) is 0 Å². The quantitative estimate of drug-likeness (QED) is 0.746. The van der Waals surface area contributed by atoms with Crippen LogP contribution in [0.4, 0.5) is 0 Å². The van der Waals surface area contributed by atoms with Crippen LogP contribution in [0.25, 0.3) is 0 Å². The minimum Gasteiger partial charge on any atom is -0.381 e. The molecule has 1 fully saturated rings. The number of rotatable bonds is 8. The zero-order valence-electron chi connectivity index (χ0n) is 13.2. The third-order valence-corrected chi connectivity index (χ3v) is 4.33. The van der Waals surface area contributed by atoms with Crippen LogP contribution in [0.15, 0.2) is 24.3 Å². The van der Waals surface area contributed by atoms with Crippen molar-refractivity contribution >= 4 is 11.6 Å². The van der Waals surface area contributed by atoms with E-state index in [-0.39, 0.29) is 5.41 Å². The Labute approximate surface area is 133 Å². The van der Waals surface area contributed by atoms with E-state index >= 15 is 0 Å². The van der Waals surface area contributed by atoms with E-state index < -0.39 is 0 Å². The van der Waals surface area contributed by atoms with E-state index in [1.54, 1.807) is 0 Å². The van der Waals surface area contributed by atoms with Gasteiger partial charge in [-0.05, 0) is 44.1 Å². The van der Waals surface area contributed by atoms with Crippen LogP contribution in [0.5, 0.6) is 0 Å². The zero-order chi connectivity index (χ0) is 15.1. The molecule has 0 bridgehead atoms. The molecule has 1 aliphatic heterocycles. The predicted molar refractivity (Wildman–Crippen MR) is 88.8 cm³/mol. The molecule has 1 saturated heterocycles. The highest BCUT2D eigenvalue weighted by Crippen LogP contribution is 2.29. The first kappa shape index (κ1) is 16.8. The summed E-state index contributed by atoms with van der Waals surface area (Å²) in [5.41, 5.74) is 1.56. The fourth-order valence-corrected chi connectivity index (χ4v) is 3.16. The van der Waals surface area contributed by atoms with Crippen molar-refractivity contribution in [1.82, 2.24) is 10.2 Å². The van der Waals surface area contributed by atoms with E-state index in [0.717, 1.165) is 50.8 Å². The van der Waals surface area contributed by atoms with Gasteiger partial charge < -0.3 is 15.0 Å². The second-order valence-corrected chi connectivity index (χ2v) is 6.71. The maximum absolute atomic E-state index is 5.94. The van der Waals surface area contributed by atoms with Gasteiger partial charge in [0.2, 0.25) is 0 Å². The molecule has 0 spiro atoms. The Morgan fingerprint density at radius 3 is 2.71 bits per heavy atom. The maximum atomic E-state index is 5.94. The van der Waals surface area contributed by atoms with Crippen LogP contribution in [0, 0.1) is 5.41 Å². The van der Waals surface area contributed by atoms with Gasteiger partial charge in [0.1, 0.15) is 0 Å². The van der Waals surface area contributed by atoms with Gasteiger partial charge in [-0.1, -0.05) is 30.7 Å². The first-order valence-corrected chi connectivity index (χ1v) is 8.23. The molecule has 4 heteroatoms. The summed E-state index contributed by atoms with van der Waals surface area (Å²) in [5.74, 6) is 0. The molecule has 118 valence electrons. The highest BCUT2D eigenvalue weighted by Gasteiger charge is 2.35. The highest BCUT2D eigenvalue weighted by molar-refractivity contribution is 6.30. The van der Waals surface area contributed by atoms with Crippen molar-refractivity contribution < 1.29 is 4.74 Å². The predicted octanol–water partition coefficient (Wildman–Crippen LogP) is 3.18. The summed E-state index contributed by atoms with van der Waals surface area (Å²) in [5, 5.41) is 4.37. The van der Waals surface area contributed by atoms with Crippen molar-refractivity contribution in [3.63, 3.8) is 0 Å². The van der Waals surface area contributed by atoms with Crippen molar-refractivity contribution in [3.8, 4) is 0 Å². The van der Waals surface area contributed by atoms with Crippen molar-refractivity contribution in [1.29, 1.82) is 0 Å². The molecule has 1 N–H and O–H groups in total. The number of ether oxygens (including phenoxy) is 1. The molecule has 1 aromatic rings. The lowest BCUT2D eigenvalue weighted by molar-refractivity contribution is 0.116. The lowest BCUT2D eigenvalue weighted by Crippen LogP contribution is -2.43. The van der Waals surface area contributed by atoms with Gasteiger partial charge in [0.05, 0.1) is 6.61 Å². The number of benzene rings is 1. The topological polar surface area (TPSA) is 24.5 Å². The number of nitrogens with zero attached hydrogens (tertiary/aromatic N) is 1. The Balaban J connectivity index is 1.88. The number of halogens is 1. The van der Waals surface area contributed by atoms with Crippen LogP contribution < -0.4 is 5.32 Å². The molecule has 0 radical (unpaired) electrons. The van der Waals surface area contributed by atoms with E-state index in [1.165, 1.54) is 12.0 Å². The summed E-state index contributed by atoms with van der Waals surface area (Å²) < 4.78 is 5.67. The van der Waals surface area contributed by atoms with Crippen LogP contribution in [0.2, 0.25) is 5.02 Å². The Morgan fingerprint density at radius 1 is 1.33 bits per heavy atom. The number of hydrogen-bond donors (Lipinski definition) is 1. The Bertz CT molecular complexity index is 415. The number of nitrogens with one attached hydrogen (secondary N) is 1. The average Bonchev–Trinajstić information content (AvgIpc) is 2.90. The minimum atomic E-state index is 0.260. The van der Waals surface area contributed by atoms with Crippen LogP contribution in [-0.2, 0) is 11.3 Å². The molecule has 0 saturated carbocycles. The van der Waals surface area contributed by atoms with Crippen molar-refractivity contribution in [2.75, 3.05) is 39.9 Å². The molecule has 2 rings (SSSR count). The van der Waals surface area contributed by atoms with E-state index in [2.05, 4.69) is 36.3 Å². The Morgan fingerprint density at radius 2 is 2.10 bits per heavy atom. The number of hydrogen-bond acceptors (Lipinski definition) is 3. The van der Waals surface area contributed by atoms with Gasteiger partial charge in [-0.2, -0.15) is 0 Å². The average molecular weight is 311 g/mol. The first-order chi connectivity index (χ1) is 10.1. The molecule has 1 atom stereocenters. The van der Waals surface area contributed by atoms with Gasteiger partial charge in [-0.25, -0.2) is 0 Å². The molecule has 0 aliphatic carbocycles. The monoisotopic (exact) mass is 310 g/mol. The largest absolute Gasteiger partial charge is 0.381 e. The van der Waals surface area contributed by atoms with E-state index in [4.69, 9.17) is 16.3 Å². The first-order valence-electron chi connectivity index (χ1n) is 7.85. The van der Waals surface area contributed by atoms with Gasteiger partial charge in [0, 0.05) is 36.7 Å². The summed E-state index contributed by atoms with van der Waals surface area (Å²) in [4.78, 5) is 2.39. The standard InChI is InChI=1S/C17H27ClN2O/c1-3-9-19-12-17(8-10-21-14-17)13-20(2)11-15-4-6-16(18)7-5-15/h4-7,19H,3,8-14H2,1-2H3. The minimum absolute atomic E-state index is 0.260. The van der Waals surface area contributed by atoms with E-state index in [1.807, 2.05) is 12.1 Å². The van der Waals surface area contributed by atoms with Gasteiger partial charge in [0.15, 0.2) is 0 Å². The Kier molecular flexibility index (Phi) is 6.49. The molecular formula is C17H27ClN2O. The second kappa shape index (κ2) is 8.14. The third-order valence-electron chi connectivity index (χ3n) is 4.08. The molecule has 1 heterocycles. The molecule has 1 aromatic carbocycles. The lowest BCUT2D eigenvalue weighted by atomic mass is 9.86. The summed E-state index contributed by atoms with van der Waals surface area (Å²) in [6.07, 6.45) is 2.33. The summed E-state index contributed by atoms with van der Waals surface area (Å²) in [7, 11) is 2.19. The molecule has 1 aliphatic rings. The molecular weight excluding hydrogens is 284 g/mol.